The molecule has 1 aliphatic rings. The number of aromatic nitrogens is 2. The summed E-state index contributed by atoms with van der Waals surface area (Å²) in [6.45, 7) is 0. The molecule has 74 valence electrons. The number of allylic oxidation sites excluding steroid dienone is 1. The van der Waals surface area contributed by atoms with Crippen LogP contribution in [0.2, 0.25) is 0 Å². The Morgan fingerprint density at radius 3 is 3.00 bits per heavy atom. The zero-order valence-corrected chi connectivity index (χ0v) is 8.02. The number of methoxy groups -OCH3 is 1. The highest BCUT2D eigenvalue weighted by Gasteiger charge is 2.29. The first-order valence-electron chi connectivity index (χ1n) is 4.22. The van der Waals surface area contributed by atoms with Gasteiger partial charge in [-0.1, -0.05) is 0 Å². The molecule has 1 atom stereocenters. The first kappa shape index (κ1) is 8.96. The Kier molecular flexibility index (Phi) is 1.89. The topological polar surface area (TPSA) is 70.1 Å². The van der Waals surface area contributed by atoms with Crippen LogP contribution in [-0.4, -0.2) is 22.4 Å². The third-order valence-corrected chi connectivity index (χ3v) is 2.33. The molecule has 1 aromatic rings. The van der Waals surface area contributed by atoms with Gasteiger partial charge in [-0.3, -0.25) is 4.79 Å². The third kappa shape index (κ3) is 1.06. The Hall–Kier alpha value is -1.62. The first-order chi connectivity index (χ1) is 6.65. The van der Waals surface area contributed by atoms with Gasteiger partial charge in [0.1, 0.15) is 17.5 Å². The first-order valence-corrected chi connectivity index (χ1v) is 4.22. The van der Waals surface area contributed by atoms with E-state index >= 15 is 0 Å². The van der Waals surface area contributed by atoms with Crippen molar-refractivity contribution in [3.8, 4) is 0 Å². The molecule has 0 saturated carbocycles. The molecule has 1 heterocycles. The van der Waals surface area contributed by atoms with Crippen LogP contribution in [-0.2, 0) is 11.8 Å². The standard InChI is InChI=1S/C9H11N3O2/c1-12-4-11-8-5(13)3-6(14-2)7(10)9(8)12/h3-4,7H,10H2,1-2H3. The second-order valence-electron chi connectivity index (χ2n) is 3.18. The molecule has 5 nitrogen and oxygen atoms in total. The van der Waals surface area contributed by atoms with Gasteiger partial charge < -0.3 is 15.0 Å². The molecule has 2 N–H and O–H groups in total. The maximum absolute atomic E-state index is 11.5. The number of imidazole rings is 1. The summed E-state index contributed by atoms with van der Waals surface area (Å²) in [7, 11) is 3.30. The van der Waals surface area contributed by atoms with Crippen LogP contribution in [0.1, 0.15) is 22.2 Å². The highest BCUT2D eigenvalue weighted by atomic mass is 16.5. The normalized spacial score (nSPS) is 20.4. The fraction of sp³-hybridized carbons (Fsp3) is 0.333. The van der Waals surface area contributed by atoms with Gasteiger partial charge in [0, 0.05) is 13.1 Å². The van der Waals surface area contributed by atoms with E-state index in [2.05, 4.69) is 4.98 Å². The molecule has 5 heteroatoms. The minimum atomic E-state index is -0.403. The molecular formula is C9H11N3O2. The van der Waals surface area contributed by atoms with Gasteiger partial charge in [-0.05, 0) is 0 Å². The fourth-order valence-electron chi connectivity index (χ4n) is 1.60. The Morgan fingerprint density at radius 1 is 1.64 bits per heavy atom. The summed E-state index contributed by atoms with van der Waals surface area (Å²) in [5, 5.41) is 0. The smallest absolute Gasteiger partial charge is 0.209 e. The number of rotatable bonds is 1. The second-order valence-corrected chi connectivity index (χ2v) is 3.18. The summed E-state index contributed by atoms with van der Waals surface area (Å²) < 4.78 is 6.77. The number of carbonyl (C=O) groups is 1. The molecule has 1 unspecified atom stereocenters. The lowest BCUT2D eigenvalue weighted by molar-refractivity contribution is 0.102. The zero-order chi connectivity index (χ0) is 10.3. The molecule has 0 radical (unpaired) electrons. The van der Waals surface area contributed by atoms with Crippen LogP contribution in [0.15, 0.2) is 18.2 Å². The number of hydrogen-bond donors (Lipinski definition) is 1. The van der Waals surface area contributed by atoms with E-state index in [1.165, 1.54) is 13.2 Å². The monoisotopic (exact) mass is 193 g/mol. The van der Waals surface area contributed by atoms with Crippen LogP contribution in [0, 0.1) is 0 Å². The Bertz CT molecular complexity index is 420. The quantitative estimate of drug-likeness (QED) is 0.689. The van der Waals surface area contributed by atoms with Gasteiger partial charge in [0.2, 0.25) is 5.78 Å². The second kappa shape index (κ2) is 2.95. The maximum atomic E-state index is 11.5. The molecule has 0 aromatic carbocycles. The van der Waals surface area contributed by atoms with Gasteiger partial charge in [-0.2, -0.15) is 0 Å². The van der Waals surface area contributed by atoms with Crippen LogP contribution in [0.4, 0.5) is 0 Å². The van der Waals surface area contributed by atoms with Crippen molar-refractivity contribution in [1.82, 2.24) is 9.55 Å². The minimum absolute atomic E-state index is 0.154. The predicted molar refractivity (Wildman–Crippen MR) is 49.6 cm³/mol. The maximum Gasteiger partial charge on any atom is 0.209 e. The lowest BCUT2D eigenvalue weighted by Gasteiger charge is -2.19. The van der Waals surface area contributed by atoms with Crippen molar-refractivity contribution >= 4 is 5.78 Å². The average Bonchev–Trinajstić information content (AvgIpc) is 2.54. The molecule has 0 bridgehead atoms. The van der Waals surface area contributed by atoms with E-state index in [9.17, 15) is 4.79 Å². The van der Waals surface area contributed by atoms with Crippen molar-refractivity contribution < 1.29 is 9.53 Å². The van der Waals surface area contributed by atoms with Crippen LogP contribution < -0.4 is 5.73 Å². The predicted octanol–water partition coefficient (Wildman–Crippen LogP) is 0.147. The third-order valence-electron chi connectivity index (χ3n) is 2.33. The van der Waals surface area contributed by atoms with E-state index in [4.69, 9.17) is 10.5 Å². The van der Waals surface area contributed by atoms with Gasteiger partial charge in [-0.25, -0.2) is 4.98 Å². The van der Waals surface area contributed by atoms with Gasteiger partial charge in [-0.15, -0.1) is 0 Å². The van der Waals surface area contributed by atoms with E-state index in [1.807, 2.05) is 0 Å². The number of aryl methyl sites for hydroxylation is 1. The number of hydrogen-bond acceptors (Lipinski definition) is 4. The molecular weight excluding hydrogens is 182 g/mol. The molecule has 0 amide bonds. The van der Waals surface area contributed by atoms with Gasteiger partial charge >= 0.3 is 0 Å². The molecule has 2 rings (SSSR count). The fourth-order valence-corrected chi connectivity index (χ4v) is 1.60. The lowest BCUT2D eigenvalue weighted by atomic mass is 10.0. The number of ketones is 1. The highest BCUT2D eigenvalue weighted by molar-refractivity contribution is 6.05. The summed E-state index contributed by atoms with van der Waals surface area (Å²) in [6.07, 6.45) is 2.97. The Balaban J connectivity index is 2.57. The van der Waals surface area contributed by atoms with Crippen molar-refractivity contribution in [3.05, 3.63) is 29.6 Å². The van der Waals surface area contributed by atoms with E-state index in [-0.39, 0.29) is 5.78 Å². The largest absolute Gasteiger partial charge is 0.499 e. The van der Waals surface area contributed by atoms with Crippen LogP contribution in [0.3, 0.4) is 0 Å². The van der Waals surface area contributed by atoms with Gasteiger partial charge in [0.05, 0.1) is 19.1 Å². The molecule has 0 aliphatic heterocycles. The van der Waals surface area contributed by atoms with Crippen LogP contribution >= 0.6 is 0 Å². The molecule has 0 fully saturated rings. The van der Waals surface area contributed by atoms with Crippen LogP contribution in [0.5, 0.6) is 0 Å². The summed E-state index contributed by atoms with van der Waals surface area (Å²) in [4.78, 5) is 15.5. The van der Waals surface area contributed by atoms with E-state index in [0.29, 0.717) is 17.1 Å². The zero-order valence-electron chi connectivity index (χ0n) is 8.02. The van der Waals surface area contributed by atoms with Crippen molar-refractivity contribution in [2.75, 3.05) is 7.11 Å². The lowest BCUT2D eigenvalue weighted by Crippen LogP contribution is -2.24. The van der Waals surface area contributed by atoms with Crippen molar-refractivity contribution in [2.45, 2.75) is 6.04 Å². The number of ether oxygens (including phenoxy) is 1. The van der Waals surface area contributed by atoms with Crippen molar-refractivity contribution in [3.63, 3.8) is 0 Å². The van der Waals surface area contributed by atoms with E-state index < -0.39 is 6.04 Å². The molecule has 1 aromatic heterocycles. The minimum Gasteiger partial charge on any atom is -0.499 e. The Morgan fingerprint density at radius 2 is 2.36 bits per heavy atom. The van der Waals surface area contributed by atoms with Gasteiger partial charge in [0.15, 0.2) is 0 Å². The molecule has 0 saturated heterocycles. The van der Waals surface area contributed by atoms with Crippen molar-refractivity contribution in [2.24, 2.45) is 12.8 Å². The van der Waals surface area contributed by atoms with E-state index in [0.717, 1.165) is 0 Å². The molecule has 0 spiro atoms. The summed E-state index contributed by atoms with van der Waals surface area (Å²) in [5.41, 5.74) is 7.02. The number of nitrogens with two attached hydrogens (primary N) is 1. The number of carbonyl (C=O) groups excluding carboxylic acids is 1. The van der Waals surface area contributed by atoms with Crippen molar-refractivity contribution in [1.29, 1.82) is 0 Å². The summed E-state index contributed by atoms with van der Waals surface area (Å²) in [5.74, 6) is 0.324. The Labute approximate surface area is 81.2 Å². The number of fused-ring (bicyclic) bond motifs is 1. The summed E-state index contributed by atoms with van der Waals surface area (Å²) >= 11 is 0. The summed E-state index contributed by atoms with van der Waals surface area (Å²) in [6, 6.07) is -0.403. The molecule has 14 heavy (non-hydrogen) atoms. The van der Waals surface area contributed by atoms with Gasteiger partial charge in [0.25, 0.3) is 0 Å². The average molecular weight is 193 g/mol. The number of nitrogens with zero attached hydrogens (tertiary/aromatic N) is 2. The van der Waals surface area contributed by atoms with Crippen LogP contribution in [0.25, 0.3) is 0 Å². The highest BCUT2D eigenvalue weighted by Crippen LogP contribution is 2.27. The molecule has 1 aliphatic carbocycles. The SMILES string of the molecule is COC1=CC(=O)c2ncn(C)c2C1N. The van der Waals surface area contributed by atoms with E-state index in [1.54, 1.807) is 17.9 Å².